The van der Waals surface area contributed by atoms with Crippen LogP contribution in [0.5, 0.6) is 0 Å². The van der Waals surface area contributed by atoms with Crippen LogP contribution in [0.25, 0.3) is 0 Å². The third kappa shape index (κ3) is 3.22. The van der Waals surface area contributed by atoms with Crippen molar-refractivity contribution in [1.29, 1.82) is 0 Å². The minimum Gasteiger partial charge on any atom is -0.376 e. The Hall–Kier alpha value is -1.10. The molecule has 0 aliphatic carbocycles. The molecule has 0 aromatic rings. The van der Waals surface area contributed by atoms with Gasteiger partial charge in [-0.1, -0.05) is 0 Å². The molecule has 5 nitrogen and oxygen atoms in total. The molecule has 2 fully saturated rings. The summed E-state index contributed by atoms with van der Waals surface area (Å²) in [5, 5.41) is 2.87. The van der Waals surface area contributed by atoms with E-state index < -0.39 is 0 Å². The number of hydrogen-bond acceptors (Lipinski definition) is 3. The molecule has 0 spiro atoms. The number of nitrogens with zero attached hydrogens (tertiary/aromatic N) is 1. The Morgan fingerprint density at radius 3 is 2.94 bits per heavy atom. The summed E-state index contributed by atoms with van der Waals surface area (Å²) in [6, 6.07) is 0.125. The highest BCUT2D eigenvalue weighted by atomic mass is 16.5. The van der Waals surface area contributed by atoms with Crippen molar-refractivity contribution in [3.8, 4) is 0 Å². The normalized spacial score (nSPS) is 28.2. The fraction of sp³-hybridized carbons (Fsp3) is 0.846. The molecule has 2 atom stereocenters. The number of carbonyl (C=O) groups is 2. The topological polar surface area (TPSA) is 58.6 Å². The third-order valence-corrected chi connectivity index (χ3v) is 3.46. The van der Waals surface area contributed by atoms with E-state index in [1.807, 2.05) is 13.8 Å². The highest BCUT2D eigenvalue weighted by molar-refractivity contribution is 5.89. The van der Waals surface area contributed by atoms with E-state index in [4.69, 9.17) is 4.74 Å². The lowest BCUT2D eigenvalue weighted by Crippen LogP contribution is -2.38. The van der Waals surface area contributed by atoms with E-state index >= 15 is 0 Å². The van der Waals surface area contributed by atoms with E-state index in [-0.39, 0.29) is 29.9 Å². The lowest BCUT2D eigenvalue weighted by Gasteiger charge is -2.20. The van der Waals surface area contributed by atoms with Gasteiger partial charge in [-0.2, -0.15) is 0 Å². The van der Waals surface area contributed by atoms with Gasteiger partial charge >= 0.3 is 0 Å². The van der Waals surface area contributed by atoms with Gasteiger partial charge < -0.3 is 15.0 Å². The minimum atomic E-state index is -0.193. The largest absolute Gasteiger partial charge is 0.376 e. The summed E-state index contributed by atoms with van der Waals surface area (Å²) in [5.74, 6) is -0.121. The number of nitrogens with one attached hydrogen (secondary N) is 1. The SMILES string of the molecule is CC(C)NC(=O)C1CC(=O)N(CC2CCCO2)C1. The van der Waals surface area contributed by atoms with Gasteiger partial charge in [0, 0.05) is 32.2 Å². The maximum absolute atomic E-state index is 11.9. The van der Waals surface area contributed by atoms with Crippen LogP contribution in [0, 0.1) is 5.92 Å². The molecule has 2 aliphatic rings. The molecule has 102 valence electrons. The molecule has 2 heterocycles. The lowest BCUT2D eigenvalue weighted by atomic mass is 10.1. The minimum absolute atomic E-state index is 0.00631. The molecule has 0 aromatic carbocycles. The van der Waals surface area contributed by atoms with Crippen molar-refractivity contribution < 1.29 is 14.3 Å². The average Bonchev–Trinajstić information content (AvgIpc) is 2.89. The van der Waals surface area contributed by atoms with Gasteiger partial charge in [-0.3, -0.25) is 9.59 Å². The fourth-order valence-electron chi connectivity index (χ4n) is 2.56. The predicted octanol–water partition coefficient (Wildman–Crippen LogP) is 0.538. The van der Waals surface area contributed by atoms with Crippen LogP contribution in [-0.2, 0) is 14.3 Å². The van der Waals surface area contributed by atoms with Gasteiger partial charge in [0.15, 0.2) is 0 Å². The average molecular weight is 254 g/mol. The molecule has 1 N–H and O–H groups in total. The van der Waals surface area contributed by atoms with Crippen molar-refractivity contribution >= 4 is 11.8 Å². The maximum atomic E-state index is 11.9. The number of rotatable bonds is 4. The summed E-state index contributed by atoms with van der Waals surface area (Å²) in [5.41, 5.74) is 0. The summed E-state index contributed by atoms with van der Waals surface area (Å²) < 4.78 is 5.53. The number of hydrogen-bond donors (Lipinski definition) is 1. The zero-order valence-corrected chi connectivity index (χ0v) is 11.1. The Morgan fingerprint density at radius 2 is 2.33 bits per heavy atom. The number of ether oxygens (including phenoxy) is 1. The molecule has 18 heavy (non-hydrogen) atoms. The Bertz CT molecular complexity index is 324. The van der Waals surface area contributed by atoms with Gasteiger partial charge in [0.2, 0.25) is 11.8 Å². The fourth-order valence-corrected chi connectivity index (χ4v) is 2.56. The Kier molecular flexibility index (Phi) is 4.22. The van der Waals surface area contributed by atoms with Crippen LogP contribution < -0.4 is 5.32 Å². The predicted molar refractivity (Wildman–Crippen MR) is 66.9 cm³/mol. The third-order valence-electron chi connectivity index (χ3n) is 3.46. The highest BCUT2D eigenvalue weighted by Gasteiger charge is 2.35. The first-order valence-corrected chi connectivity index (χ1v) is 6.76. The van der Waals surface area contributed by atoms with Crippen molar-refractivity contribution in [2.45, 2.75) is 45.3 Å². The van der Waals surface area contributed by atoms with E-state index in [0.717, 1.165) is 19.4 Å². The van der Waals surface area contributed by atoms with Crippen molar-refractivity contribution in [1.82, 2.24) is 10.2 Å². The number of likely N-dealkylation sites (tertiary alicyclic amines) is 1. The van der Waals surface area contributed by atoms with Crippen LogP contribution in [0.4, 0.5) is 0 Å². The molecule has 2 aliphatic heterocycles. The van der Waals surface area contributed by atoms with Crippen molar-refractivity contribution in [2.24, 2.45) is 5.92 Å². The van der Waals surface area contributed by atoms with Crippen LogP contribution in [0.2, 0.25) is 0 Å². The molecule has 2 saturated heterocycles. The van der Waals surface area contributed by atoms with Gasteiger partial charge in [0.1, 0.15) is 0 Å². The Balaban J connectivity index is 1.84. The summed E-state index contributed by atoms with van der Waals surface area (Å²) in [4.78, 5) is 25.5. The van der Waals surface area contributed by atoms with E-state index in [1.54, 1.807) is 4.90 Å². The molecule has 0 bridgehead atoms. The molecular weight excluding hydrogens is 232 g/mol. The zero-order valence-electron chi connectivity index (χ0n) is 11.1. The summed E-state index contributed by atoms with van der Waals surface area (Å²) >= 11 is 0. The zero-order chi connectivity index (χ0) is 13.1. The molecule has 0 saturated carbocycles. The second-order valence-electron chi connectivity index (χ2n) is 5.50. The quantitative estimate of drug-likeness (QED) is 0.796. The van der Waals surface area contributed by atoms with Gasteiger partial charge in [-0.15, -0.1) is 0 Å². The standard InChI is InChI=1S/C13H22N2O3/c1-9(2)14-13(17)10-6-12(16)15(7-10)8-11-4-3-5-18-11/h9-11H,3-8H2,1-2H3,(H,14,17). The smallest absolute Gasteiger partial charge is 0.225 e. The summed E-state index contributed by atoms with van der Waals surface area (Å²) in [6.07, 6.45) is 2.60. The van der Waals surface area contributed by atoms with Crippen molar-refractivity contribution in [2.75, 3.05) is 19.7 Å². The van der Waals surface area contributed by atoms with Crippen molar-refractivity contribution in [3.63, 3.8) is 0 Å². The second-order valence-corrected chi connectivity index (χ2v) is 5.50. The number of amides is 2. The monoisotopic (exact) mass is 254 g/mol. The first-order valence-electron chi connectivity index (χ1n) is 6.76. The van der Waals surface area contributed by atoms with E-state index in [1.165, 1.54) is 0 Å². The van der Waals surface area contributed by atoms with E-state index in [9.17, 15) is 9.59 Å². The Morgan fingerprint density at radius 1 is 1.56 bits per heavy atom. The van der Waals surface area contributed by atoms with Crippen molar-refractivity contribution in [3.05, 3.63) is 0 Å². The van der Waals surface area contributed by atoms with E-state index in [2.05, 4.69) is 5.32 Å². The molecule has 5 heteroatoms. The van der Waals surface area contributed by atoms with Crippen LogP contribution in [-0.4, -0.2) is 48.6 Å². The molecule has 2 rings (SSSR count). The summed E-state index contributed by atoms with van der Waals surface area (Å²) in [6.45, 7) is 5.84. The van der Waals surface area contributed by atoms with Crippen LogP contribution >= 0.6 is 0 Å². The van der Waals surface area contributed by atoms with Gasteiger partial charge in [0.05, 0.1) is 12.0 Å². The molecule has 2 amide bonds. The lowest BCUT2D eigenvalue weighted by molar-refractivity contribution is -0.130. The van der Waals surface area contributed by atoms with Gasteiger partial charge in [0.25, 0.3) is 0 Å². The Labute approximate surface area is 108 Å². The number of carbonyl (C=O) groups excluding carboxylic acids is 2. The molecule has 2 unspecified atom stereocenters. The second kappa shape index (κ2) is 5.69. The first kappa shape index (κ1) is 13.3. The molecule has 0 radical (unpaired) electrons. The molecular formula is C13H22N2O3. The van der Waals surface area contributed by atoms with Crippen LogP contribution in [0.1, 0.15) is 33.1 Å². The first-order chi connectivity index (χ1) is 8.56. The van der Waals surface area contributed by atoms with Crippen LogP contribution in [0.15, 0.2) is 0 Å². The van der Waals surface area contributed by atoms with E-state index in [0.29, 0.717) is 19.5 Å². The van der Waals surface area contributed by atoms with Gasteiger partial charge in [-0.05, 0) is 26.7 Å². The highest BCUT2D eigenvalue weighted by Crippen LogP contribution is 2.21. The van der Waals surface area contributed by atoms with Crippen LogP contribution in [0.3, 0.4) is 0 Å². The summed E-state index contributed by atoms with van der Waals surface area (Å²) in [7, 11) is 0. The van der Waals surface area contributed by atoms with Gasteiger partial charge in [-0.25, -0.2) is 0 Å². The maximum Gasteiger partial charge on any atom is 0.225 e. The molecule has 0 aromatic heterocycles.